The van der Waals surface area contributed by atoms with E-state index >= 15 is 0 Å². The molecule has 1 aliphatic heterocycles. The minimum atomic E-state index is -0.710. The fourth-order valence-electron chi connectivity index (χ4n) is 4.63. The maximum Gasteiger partial charge on any atom is 0.295 e. The van der Waals surface area contributed by atoms with E-state index in [0.717, 1.165) is 24.2 Å². The number of aryl methyl sites for hydroxylation is 1. The number of ether oxygens (including phenoxy) is 1. The van der Waals surface area contributed by atoms with E-state index in [-0.39, 0.29) is 11.3 Å². The van der Waals surface area contributed by atoms with Crippen LogP contribution in [-0.4, -0.2) is 57.8 Å². The summed E-state index contributed by atoms with van der Waals surface area (Å²) in [4.78, 5) is 34.3. The smallest absolute Gasteiger partial charge is 0.295 e. The maximum absolute atomic E-state index is 13.2. The SMILES string of the molecule is CCN(CC)CCN1C(=O)C(=O)C(=C(O)c2ccc(OCc3ccccc3)c(C)c2)[C@@H]1c1cccnc1. The molecule has 1 fully saturated rings. The van der Waals surface area contributed by atoms with Crippen LogP contribution in [0.2, 0.25) is 0 Å². The number of pyridine rings is 1. The third kappa shape index (κ3) is 5.73. The van der Waals surface area contributed by atoms with Gasteiger partial charge in [0.25, 0.3) is 11.7 Å². The highest BCUT2D eigenvalue weighted by Gasteiger charge is 2.46. The second kappa shape index (κ2) is 11.8. The number of likely N-dealkylation sites (tertiary alicyclic amines) is 1. The second-order valence-corrected chi connectivity index (χ2v) is 9.06. The number of hydrogen-bond acceptors (Lipinski definition) is 6. The Bertz CT molecular complexity index is 1270. The Morgan fingerprint density at radius 3 is 2.46 bits per heavy atom. The number of aliphatic hydroxyl groups is 1. The van der Waals surface area contributed by atoms with Crippen molar-refractivity contribution in [3.8, 4) is 5.75 Å². The molecule has 7 nitrogen and oxygen atoms in total. The number of hydrogen-bond donors (Lipinski definition) is 1. The number of carbonyl (C=O) groups excluding carboxylic acids is 2. The maximum atomic E-state index is 13.2. The van der Waals surface area contributed by atoms with Crippen molar-refractivity contribution < 1.29 is 19.4 Å². The summed E-state index contributed by atoms with van der Waals surface area (Å²) in [6.45, 7) is 9.12. The molecular weight excluding hydrogens is 466 g/mol. The fourth-order valence-corrected chi connectivity index (χ4v) is 4.63. The number of amides is 1. The van der Waals surface area contributed by atoms with Crippen molar-refractivity contribution in [3.63, 3.8) is 0 Å². The Morgan fingerprint density at radius 2 is 1.81 bits per heavy atom. The number of benzene rings is 2. The summed E-state index contributed by atoms with van der Waals surface area (Å²) in [6.07, 6.45) is 3.28. The van der Waals surface area contributed by atoms with Gasteiger partial charge in [-0.25, -0.2) is 0 Å². The van der Waals surface area contributed by atoms with E-state index in [9.17, 15) is 14.7 Å². The first-order chi connectivity index (χ1) is 17.9. The number of ketones is 1. The summed E-state index contributed by atoms with van der Waals surface area (Å²) in [5.74, 6) is -0.811. The Morgan fingerprint density at radius 1 is 1.05 bits per heavy atom. The zero-order valence-corrected chi connectivity index (χ0v) is 21.6. The molecule has 192 valence electrons. The largest absolute Gasteiger partial charge is 0.507 e. The predicted molar refractivity (Wildman–Crippen MR) is 143 cm³/mol. The van der Waals surface area contributed by atoms with Crippen LogP contribution in [0.25, 0.3) is 5.76 Å². The second-order valence-electron chi connectivity index (χ2n) is 9.06. The molecule has 1 N–H and O–H groups in total. The third-order valence-electron chi connectivity index (χ3n) is 6.78. The van der Waals surface area contributed by atoms with Gasteiger partial charge in [-0.3, -0.25) is 14.6 Å². The highest BCUT2D eigenvalue weighted by molar-refractivity contribution is 6.46. The van der Waals surface area contributed by atoms with Crippen LogP contribution >= 0.6 is 0 Å². The number of aromatic nitrogens is 1. The van der Waals surface area contributed by atoms with Gasteiger partial charge in [-0.15, -0.1) is 0 Å². The van der Waals surface area contributed by atoms with Gasteiger partial charge in [0.15, 0.2) is 0 Å². The van der Waals surface area contributed by atoms with Crippen LogP contribution in [0.3, 0.4) is 0 Å². The van der Waals surface area contributed by atoms with E-state index < -0.39 is 17.7 Å². The van der Waals surface area contributed by atoms with Crippen molar-refractivity contribution in [1.82, 2.24) is 14.8 Å². The Labute approximate surface area is 218 Å². The summed E-state index contributed by atoms with van der Waals surface area (Å²) in [5.41, 5.74) is 3.08. The average Bonchev–Trinajstić information content (AvgIpc) is 3.18. The van der Waals surface area contributed by atoms with Crippen LogP contribution in [0, 0.1) is 6.92 Å². The van der Waals surface area contributed by atoms with E-state index in [0.29, 0.717) is 36.6 Å². The van der Waals surface area contributed by atoms with Crippen molar-refractivity contribution in [2.75, 3.05) is 26.2 Å². The number of aliphatic hydroxyl groups excluding tert-OH is 1. The van der Waals surface area contributed by atoms with E-state index in [4.69, 9.17) is 4.74 Å². The van der Waals surface area contributed by atoms with Crippen LogP contribution in [0.5, 0.6) is 5.75 Å². The van der Waals surface area contributed by atoms with E-state index in [1.165, 1.54) is 0 Å². The summed E-state index contributed by atoms with van der Waals surface area (Å²) in [6, 6.07) is 18.0. The standard InChI is InChI=1S/C30H33N3O4/c1-4-32(5-2)16-17-33-27(24-12-9-15-31-19-24)26(29(35)30(33)36)28(34)23-13-14-25(21(3)18-23)37-20-22-10-7-6-8-11-22/h6-15,18-19,27,34H,4-5,16-17,20H2,1-3H3/t27-/m0/s1. The van der Waals surface area contributed by atoms with Gasteiger partial charge in [-0.05, 0) is 61.0 Å². The highest BCUT2D eigenvalue weighted by Crippen LogP contribution is 2.39. The van der Waals surface area contributed by atoms with Crippen molar-refractivity contribution >= 4 is 17.4 Å². The molecule has 2 aromatic carbocycles. The third-order valence-corrected chi connectivity index (χ3v) is 6.78. The van der Waals surface area contributed by atoms with Crippen molar-refractivity contribution in [2.24, 2.45) is 0 Å². The highest BCUT2D eigenvalue weighted by atomic mass is 16.5. The first kappa shape index (κ1) is 26.1. The molecule has 0 spiro atoms. The molecule has 1 atom stereocenters. The zero-order chi connectivity index (χ0) is 26.4. The lowest BCUT2D eigenvalue weighted by Crippen LogP contribution is -2.38. The number of nitrogens with zero attached hydrogens (tertiary/aromatic N) is 3. The molecule has 1 aliphatic rings. The minimum Gasteiger partial charge on any atom is -0.507 e. The molecule has 0 unspecified atom stereocenters. The van der Waals surface area contributed by atoms with Crippen molar-refractivity contribution in [1.29, 1.82) is 0 Å². The number of Topliss-reactive ketones (excluding diaryl/α,β-unsaturated/α-hetero) is 1. The Kier molecular flexibility index (Phi) is 8.36. The summed E-state index contributed by atoms with van der Waals surface area (Å²) in [7, 11) is 0. The molecule has 1 saturated heterocycles. The van der Waals surface area contributed by atoms with Crippen molar-refractivity contribution in [3.05, 3.63) is 101 Å². The van der Waals surface area contributed by atoms with Crippen LogP contribution in [0.1, 0.15) is 42.1 Å². The molecule has 3 aromatic rings. The average molecular weight is 500 g/mol. The van der Waals surface area contributed by atoms with E-state index in [2.05, 4.69) is 23.7 Å². The summed E-state index contributed by atoms with van der Waals surface area (Å²) >= 11 is 0. The number of rotatable bonds is 10. The zero-order valence-electron chi connectivity index (χ0n) is 21.6. The van der Waals surface area contributed by atoms with E-state index in [1.807, 2.05) is 43.3 Å². The van der Waals surface area contributed by atoms with Gasteiger partial charge in [0.1, 0.15) is 18.1 Å². The van der Waals surface area contributed by atoms with Crippen LogP contribution < -0.4 is 4.74 Å². The molecule has 0 saturated carbocycles. The normalized spacial score (nSPS) is 17.0. The topological polar surface area (TPSA) is 83.0 Å². The molecule has 0 aliphatic carbocycles. The molecule has 37 heavy (non-hydrogen) atoms. The minimum absolute atomic E-state index is 0.0786. The van der Waals surface area contributed by atoms with Crippen LogP contribution in [0.15, 0.2) is 78.6 Å². The Hall–Kier alpha value is -3.97. The Balaban J connectivity index is 1.66. The molecule has 0 radical (unpaired) electrons. The molecular formula is C30H33N3O4. The van der Waals surface area contributed by atoms with Gasteiger partial charge in [0.2, 0.25) is 0 Å². The molecule has 1 aromatic heterocycles. The lowest BCUT2D eigenvalue weighted by atomic mass is 9.95. The van der Waals surface area contributed by atoms with Gasteiger partial charge in [0, 0.05) is 31.0 Å². The monoisotopic (exact) mass is 499 g/mol. The lowest BCUT2D eigenvalue weighted by molar-refractivity contribution is -0.140. The quantitative estimate of drug-likeness (QED) is 0.247. The van der Waals surface area contributed by atoms with Gasteiger partial charge in [-0.2, -0.15) is 0 Å². The van der Waals surface area contributed by atoms with E-state index in [1.54, 1.807) is 41.6 Å². The van der Waals surface area contributed by atoms with Gasteiger partial charge < -0.3 is 19.6 Å². The molecule has 1 amide bonds. The molecule has 4 rings (SSSR count). The van der Waals surface area contributed by atoms with Gasteiger partial charge in [0.05, 0.1) is 11.6 Å². The van der Waals surface area contributed by atoms with Crippen molar-refractivity contribution in [2.45, 2.75) is 33.4 Å². The fraction of sp³-hybridized carbons (Fsp3) is 0.300. The molecule has 0 bridgehead atoms. The number of carbonyl (C=O) groups is 2. The van der Waals surface area contributed by atoms with Gasteiger partial charge in [-0.1, -0.05) is 50.2 Å². The van der Waals surface area contributed by atoms with Crippen LogP contribution in [-0.2, 0) is 16.2 Å². The lowest BCUT2D eigenvalue weighted by Gasteiger charge is -2.28. The molecule has 2 heterocycles. The summed E-state index contributed by atoms with van der Waals surface area (Å²) < 4.78 is 5.96. The summed E-state index contributed by atoms with van der Waals surface area (Å²) in [5, 5.41) is 11.4. The first-order valence-corrected chi connectivity index (χ1v) is 12.6. The first-order valence-electron chi connectivity index (χ1n) is 12.6. The predicted octanol–water partition coefficient (Wildman–Crippen LogP) is 4.73. The number of likely N-dealkylation sites (N-methyl/N-ethyl adjacent to an activating group) is 1. The van der Waals surface area contributed by atoms with Crippen LogP contribution in [0.4, 0.5) is 0 Å². The molecule has 7 heteroatoms. The van der Waals surface area contributed by atoms with Gasteiger partial charge >= 0.3 is 0 Å².